The summed E-state index contributed by atoms with van der Waals surface area (Å²) in [6.45, 7) is 4.32. The molecule has 0 radical (unpaired) electrons. The third kappa shape index (κ3) is 6.69. The van der Waals surface area contributed by atoms with Gasteiger partial charge >= 0.3 is 5.97 Å². The molecule has 0 spiro atoms. The first-order valence-electron chi connectivity index (χ1n) is 13.0. The second-order valence-electron chi connectivity index (χ2n) is 9.34. The first-order chi connectivity index (χ1) is 19.8. The van der Waals surface area contributed by atoms with E-state index in [1.165, 1.54) is 17.8 Å². The fourth-order valence-electron chi connectivity index (χ4n) is 4.34. The number of carbonyl (C=O) groups is 1. The summed E-state index contributed by atoms with van der Waals surface area (Å²) in [4.78, 5) is 17.8. The van der Waals surface area contributed by atoms with E-state index in [0.717, 1.165) is 11.1 Å². The number of hydrogen-bond acceptors (Lipinski definition) is 7. The van der Waals surface area contributed by atoms with Crippen LogP contribution in [0.3, 0.4) is 0 Å². The zero-order valence-electron chi connectivity index (χ0n) is 22.4. The number of nitrogens with zero attached hydrogens (tertiary/aromatic N) is 3. The second-order valence-corrected chi connectivity index (χ2v) is 11.1. The Morgan fingerprint density at radius 1 is 1.10 bits per heavy atom. The van der Waals surface area contributed by atoms with E-state index in [2.05, 4.69) is 10.3 Å². The number of anilines is 1. The molecule has 1 unspecified atom stereocenters. The van der Waals surface area contributed by atoms with Crippen molar-refractivity contribution in [1.82, 2.24) is 14.8 Å². The number of thioether (sulfide) groups is 1. The quantitative estimate of drug-likeness (QED) is 0.144. The normalized spacial score (nSPS) is 14.4. The van der Waals surface area contributed by atoms with E-state index >= 15 is 0 Å². The fourth-order valence-corrected chi connectivity index (χ4v) is 5.62. The van der Waals surface area contributed by atoms with Gasteiger partial charge in [-0.15, -0.1) is 5.10 Å². The first kappa shape index (κ1) is 29.0. The van der Waals surface area contributed by atoms with Gasteiger partial charge < -0.3 is 14.8 Å². The van der Waals surface area contributed by atoms with Gasteiger partial charge in [-0.05, 0) is 54.8 Å². The predicted octanol–water partition coefficient (Wildman–Crippen LogP) is 7.84. The summed E-state index contributed by atoms with van der Waals surface area (Å²) in [5.41, 5.74) is 3.22. The maximum absolute atomic E-state index is 14.2. The highest BCUT2D eigenvalue weighted by atomic mass is 35.5. The van der Waals surface area contributed by atoms with Crippen molar-refractivity contribution in [3.8, 4) is 5.75 Å². The number of hydrogen-bond donors (Lipinski definition) is 1. The van der Waals surface area contributed by atoms with Gasteiger partial charge in [-0.3, -0.25) is 0 Å². The molecule has 1 N–H and O–H groups in total. The van der Waals surface area contributed by atoms with Gasteiger partial charge in [-0.25, -0.2) is 13.9 Å². The number of nitrogens with one attached hydrogen (secondary N) is 1. The maximum Gasteiger partial charge on any atom is 0.338 e. The smallest absolute Gasteiger partial charge is 0.338 e. The standard InChI is InChI=1S/C30H27Cl2FN4O3S/c1-3-14-39-28(38)26-18(2)34-29-35-30(41-17-21-6-4-5-7-25(21)33)36-37(29)27(26)19-9-12-23(13-10-19)40-16-20-8-11-22(31)15-24(20)32/h4-13,15,27H,3,14,16-17H2,1-2H3,(H,34,35,36). The highest BCUT2D eigenvalue weighted by Crippen LogP contribution is 2.38. The number of esters is 1. The molecule has 0 bridgehead atoms. The van der Waals surface area contributed by atoms with Crippen LogP contribution in [0, 0.1) is 5.82 Å². The molecule has 1 aliphatic rings. The second kappa shape index (κ2) is 13.0. The Balaban J connectivity index is 1.41. The molecule has 11 heteroatoms. The van der Waals surface area contributed by atoms with E-state index < -0.39 is 12.0 Å². The topological polar surface area (TPSA) is 78.3 Å². The molecule has 0 saturated carbocycles. The van der Waals surface area contributed by atoms with Gasteiger partial charge in [0.05, 0.1) is 12.2 Å². The minimum Gasteiger partial charge on any atom is -0.489 e. The van der Waals surface area contributed by atoms with E-state index in [-0.39, 0.29) is 12.4 Å². The van der Waals surface area contributed by atoms with Crippen molar-refractivity contribution in [3.05, 3.63) is 111 Å². The van der Waals surface area contributed by atoms with Crippen molar-refractivity contribution >= 4 is 46.9 Å². The van der Waals surface area contributed by atoms with E-state index in [1.54, 1.807) is 35.0 Å². The number of rotatable bonds is 10. The van der Waals surface area contributed by atoms with Crippen molar-refractivity contribution in [3.63, 3.8) is 0 Å². The summed E-state index contributed by atoms with van der Waals surface area (Å²) in [6, 6.07) is 18.7. The van der Waals surface area contributed by atoms with Crippen LogP contribution in [0.4, 0.5) is 10.3 Å². The van der Waals surface area contributed by atoms with Gasteiger partial charge in [0.25, 0.3) is 0 Å². The Hall–Kier alpha value is -3.53. The third-order valence-corrected chi connectivity index (χ3v) is 7.88. The van der Waals surface area contributed by atoms with Gasteiger partial charge in [0.2, 0.25) is 11.1 Å². The van der Waals surface area contributed by atoms with Crippen molar-refractivity contribution in [2.24, 2.45) is 0 Å². The molecule has 0 fully saturated rings. The average molecular weight is 614 g/mol. The summed E-state index contributed by atoms with van der Waals surface area (Å²) < 4.78 is 27.3. The largest absolute Gasteiger partial charge is 0.489 e. The number of allylic oxidation sites excluding steroid dienone is 1. The molecule has 5 rings (SSSR count). The zero-order valence-corrected chi connectivity index (χ0v) is 24.7. The monoisotopic (exact) mass is 612 g/mol. The number of aromatic nitrogens is 3. The van der Waals surface area contributed by atoms with Crippen LogP contribution in [0.25, 0.3) is 0 Å². The van der Waals surface area contributed by atoms with Gasteiger partial charge in [0, 0.05) is 27.1 Å². The zero-order chi connectivity index (χ0) is 28.9. The Kier molecular flexibility index (Phi) is 9.17. The molecule has 0 aliphatic carbocycles. The molecule has 2 heterocycles. The van der Waals surface area contributed by atoms with Crippen LogP contribution in [0.15, 0.2) is 83.2 Å². The average Bonchev–Trinajstić information content (AvgIpc) is 3.37. The molecule has 1 aliphatic heterocycles. The Labute approximate surface area is 251 Å². The highest BCUT2D eigenvalue weighted by Gasteiger charge is 2.35. The van der Waals surface area contributed by atoms with Gasteiger partial charge in [0.1, 0.15) is 24.2 Å². The van der Waals surface area contributed by atoms with Crippen LogP contribution in [0.2, 0.25) is 10.0 Å². The summed E-state index contributed by atoms with van der Waals surface area (Å²) in [7, 11) is 0. The minimum absolute atomic E-state index is 0.270. The number of halogens is 3. The minimum atomic E-state index is -0.592. The molecule has 41 heavy (non-hydrogen) atoms. The molecule has 3 aromatic carbocycles. The third-order valence-electron chi connectivity index (χ3n) is 6.41. The predicted molar refractivity (Wildman–Crippen MR) is 159 cm³/mol. The number of ether oxygens (including phenoxy) is 2. The van der Waals surface area contributed by atoms with E-state index in [1.807, 2.05) is 44.2 Å². The number of carbonyl (C=O) groups excluding carboxylic acids is 1. The lowest BCUT2D eigenvalue weighted by Gasteiger charge is -2.28. The van der Waals surface area contributed by atoms with Gasteiger partial charge in [0.15, 0.2) is 0 Å². The SMILES string of the molecule is CCCOC(=O)C1=C(C)Nc2nc(SCc3ccccc3F)nn2C1c1ccc(OCc2ccc(Cl)cc2Cl)cc1. The molecule has 1 aromatic heterocycles. The van der Waals surface area contributed by atoms with Gasteiger partial charge in [-0.2, -0.15) is 4.98 Å². The molecule has 0 amide bonds. The van der Waals surface area contributed by atoms with Gasteiger partial charge in [-0.1, -0.05) is 78.3 Å². The molecule has 212 valence electrons. The Morgan fingerprint density at radius 2 is 1.88 bits per heavy atom. The van der Waals surface area contributed by atoms with Crippen molar-refractivity contribution in [2.75, 3.05) is 11.9 Å². The summed E-state index contributed by atoms with van der Waals surface area (Å²) in [6.07, 6.45) is 0.700. The first-order valence-corrected chi connectivity index (χ1v) is 14.7. The lowest BCUT2D eigenvalue weighted by molar-refractivity contribution is -0.139. The van der Waals surface area contributed by atoms with Crippen molar-refractivity contribution in [1.29, 1.82) is 0 Å². The Morgan fingerprint density at radius 3 is 2.61 bits per heavy atom. The molecule has 7 nitrogen and oxygen atoms in total. The number of benzene rings is 3. The molecule has 0 saturated heterocycles. The van der Waals surface area contributed by atoms with Crippen molar-refractivity contribution in [2.45, 2.75) is 43.8 Å². The van der Waals surface area contributed by atoms with E-state index in [4.69, 9.17) is 37.8 Å². The van der Waals surface area contributed by atoms with Crippen LogP contribution >= 0.6 is 35.0 Å². The van der Waals surface area contributed by atoms with Crippen LogP contribution in [0.5, 0.6) is 5.75 Å². The van der Waals surface area contributed by atoms with Crippen LogP contribution in [-0.4, -0.2) is 27.3 Å². The molecule has 1 atom stereocenters. The Bertz CT molecular complexity index is 1590. The molecule has 4 aromatic rings. The number of fused-ring (bicyclic) bond motifs is 1. The maximum atomic E-state index is 14.2. The fraction of sp³-hybridized carbons (Fsp3) is 0.233. The summed E-state index contributed by atoms with van der Waals surface area (Å²) in [5, 5.41) is 9.43. The van der Waals surface area contributed by atoms with Crippen LogP contribution in [0.1, 0.15) is 43.0 Å². The lowest BCUT2D eigenvalue weighted by atomic mass is 9.96. The lowest BCUT2D eigenvalue weighted by Crippen LogP contribution is -2.29. The van der Waals surface area contributed by atoms with Crippen LogP contribution < -0.4 is 10.1 Å². The highest BCUT2D eigenvalue weighted by molar-refractivity contribution is 7.98. The van der Waals surface area contributed by atoms with Crippen molar-refractivity contribution < 1.29 is 18.7 Å². The van der Waals surface area contributed by atoms with E-state index in [9.17, 15) is 9.18 Å². The van der Waals surface area contributed by atoms with Crippen LogP contribution in [-0.2, 0) is 21.9 Å². The molecular weight excluding hydrogens is 586 g/mol. The summed E-state index contributed by atoms with van der Waals surface area (Å²) in [5.74, 6) is 0.764. The summed E-state index contributed by atoms with van der Waals surface area (Å²) >= 11 is 13.6. The molecular formula is C30H27Cl2FN4O3S. The van der Waals surface area contributed by atoms with E-state index in [0.29, 0.717) is 62.5 Å².